The van der Waals surface area contributed by atoms with Crippen molar-refractivity contribution in [2.75, 3.05) is 11.4 Å². The van der Waals surface area contributed by atoms with Gasteiger partial charge in [0.15, 0.2) is 6.29 Å². The average molecular weight is 347 g/mol. The average Bonchev–Trinajstić information content (AvgIpc) is 2.54. The van der Waals surface area contributed by atoms with Crippen LogP contribution in [0.1, 0.15) is 29.8 Å². The maximum absolute atomic E-state index is 12.7. The normalized spacial score (nSPS) is 11.4. The molecule has 0 aliphatic rings. The molecular weight excluding hydrogens is 326 g/mol. The van der Waals surface area contributed by atoms with Gasteiger partial charge in [-0.1, -0.05) is 17.7 Å². The predicted octanol–water partition coefficient (Wildman–Crippen LogP) is 3.42. The Morgan fingerprint density at radius 3 is 2.25 bits per heavy atom. The van der Waals surface area contributed by atoms with E-state index in [9.17, 15) is 13.2 Å². The van der Waals surface area contributed by atoms with Crippen LogP contribution < -0.4 is 9.04 Å². The van der Waals surface area contributed by atoms with Crippen LogP contribution in [0.4, 0.5) is 5.69 Å². The second-order valence-corrected chi connectivity index (χ2v) is 7.76. The molecule has 0 aliphatic heterocycles. The summed E-state index contributed by atoms with van der Waals surface area (Å²) in [7, 11) is -2.23. The molecule has 0 aromatic heterocycles. The van der Waals surface area contributed by atoms with Gasteiger partial charge in [0.25, 0.3) is 10.0 Å². The summed E-state index contributed by atoms with van der Waals surface area (Å²) in [5.41, 5.74) is 1.69. The zero-order chi connectivity index (χ0) is 17.9. The highest BCUT2D eigenvalue weighted by molar-refractivity contribution is 7.92. The fourth-order valence-corrected chi connectivity index (χ4v) is 3.38. The van der Waals surface area contributed by atoms with E-state index in [-0.39, 0.29) is 11.0 Å². The first kappa shape index (κ1) is 18.0. The van der Waals surface area contributed by atoms with Gasteiger partial charge in [-0.15, -0.1) is 0 Å². The molecule has 0 fully saturated rings. The van der Waals surface area contributed by atoms with Crippen molar-refractivity contribution in [3.8, 4) is 5.75 Å². The zero-order valence-electron chi connectivity index (χ0n) is 14.2. The Bertz CT molecular complexity index is 827. The third-order valence-electron chi connectivity index (χ3n) is 3.53. The molecule has 0 atom stereocenters. The number of benzene rings is 2. The van der Waals surface area contributed by atoms with Crippen molar-refractivity contribution in [1.82, 2.24) is 0 Å². The summed E-state index contributed by atoms with van der Waals surface area (Å²) in [6.07, 6.45) is 0.580. The zero-order valence-corrected chi connectivity index (χ0v) is 15.0. The molecule has 0 heterocycles. The summed E-state index contributed by atoms with van der Waals surface area (Å²) < 4.78 is 32.1. The van der Waals surface area contributed by atoms with Gasteiger partial charge in [0.05, 0.1) is 22.3 Å². The topological polar surface area (TPSA) is 63.7 Å². The van der Waals surface area contributed by atoms with Crippen LogP contribution in [-0.2, 0) is 10.0 Å². The Morgan fingerprint density at radius 2 is 1.71 bits per heavy atom. The van der Waals surface area contributed by atoms with Crippen LogP contribution >= 0.6 is 0 Å². The summed E-state index contributed by atoms with van der Waals surface area (Å²) in [4.78, 5) is 11.5. The van der Waals surface area contributed by atoms with Crippen LogP contribution in [0.5, 0.6) is 5.75 Å². The Kier molecular flexibility index (Phi) is 5.29. The number of hydrogen-bond acceptors (Lipinski definition) is 4. The molecular formula is C18H21NO4S. The highest BCUT2D eigenvalue weighted by Gasteiger charge is 2.22. The lowest BCUT2D eigenvalue weighted by Gasteiger charge is -2.21. The van der Waals surface area contributed by atoms with Gasteiger partial charge in [0, 0.05) is 7.05 Å². The van der Waals surface area contributed by atoms with Gasteiger partial charge in [0.1, 0.15) is 5.75 Å². The molecule has 2 rings (SSSR count). The smallest absolute Gasteiger partial charge is 0.264 e. The maximum Gasteiger partial charge on any atom is 0.264 e. The minimum Gasteiger partial charge on any atom is -0.490 e. The number of sulfonamides is 1. The Balaban J connectivity index is 2.40. The summed E-state index contributed by atoms with van der Waals surface area (Å²) in [5.74, 6) is 0.435. The van der Waals surface area contributed by atoms with E-state index in [1.165, 1.54) is 13.1 Å². The minimum absolute atomic E-state index is 0.0800. The number of anilines is 1. The first-order chi connectivity index (χ1) is 11.3. The number of carbonyl (C=O) groups excluding carboxylic acids is 1. The van der Waals surface area contributed by atoms with E-state index in [1.807, 2.05) is 20.8 Å². The highest BCUT2D eigenvalue weighted by atomic mass is 32.2. The minimum atomic E-state index is -3.69. The molecule has 0 saturated heterocycles. The molecule has 0 spiro atoms. The number of aryl methyl sites for hydroxylation is 1. The van der Waals surface area contributed by atoms with Crippen LogP contribution in [0.25, 0.3) is 0 Å². The van der Waals surface area contributed by atoms with Crippen molar-refractivity contribution >= 4 is 22.0 Å². The maximum atomic E-state index is 12.7. The van der Waals surface area contributed by atoms with Crippen molar-refractivity contribution < 1.29 is 17.9 Å². The van der Waals surface area contributed by atoms with E-state index in [0.717, 1.165) is 9.87 Å². The standard InChI is InChI=1S/C18H21NO4S/c1-13(2)23-18-10-7-16(11-15(18)12-20)19(4)24(21,22)17-8-5-14(3)6-9-17/h5-13H,1-4H3. The van der Waals surface area contributed by atoms with Gasteiger partial charge in [-0.05, 0) is 51.1 Å². The predicted molar refractivity (Wildman–Crippen MR) is 94.4 cm³/mol. The summed E-state index contributed by atoms with van der Waals surface area (Å²) in [5, 5.41) is 0. The number of hydrogen-bond donors (Lipinski definition) is 0. The first-order valence-corrected chi connectivity index (χ1v) is 9.01. The second kappa shape index (κ2) is 7.05. The molecule has 0 unspecified atom stereocenters. The lowest BCUT2D eigenvalue weighted by Crippen LogP contribution is -2.26. The van der Waals surface area contributed by atoms with Crippen LogP contribution in [0.2, 0.25) is 0 Å². The number of ether oxygens (including phenoxy) is 1. The van der Waals surface area contributed by atoms with Crippen LogP contribution in [0.15, 0.2) is 47.4 Å². The fourth-order valence-electron chi connectivity index (χ4n) is 2.19. The van der Waals surface area contributed by atoms with Gasteiger partial charge in [-0.3, -0.25) is 9.10 Å². The molecule has 24 heavy (non-hydrogen) atoms. The molecule has 0 amide bonds. The largest absolute Gasteiger partial charge is 0.490 e. The molecule has 128 valence electrons. The van der Waals surface area contributed by atoms with E-state index < -0.39 is 10.0 Å². The van der Waals surface area contributed by atoms with Crippen molar-refractivity contribution in [2.24, 2.45) is 0 Å². The molecule has 0 radical (unpaired) electrons. The van der Waals surface area contributed by atoms with E-state index in [0.29, 0.717) is 23.3 Å². The molecule has 0 N–H and O–H groups in total. The molecule has 2 aromatic rings. The summed E-state index contributed by atoms with van der Waals surface area (Å²) >= 11 is 0. The molecule has 2 aromatic carbocycles. The van der Waals surface area contributed by atoms with Gasteiger partial charge in [-0.2, -0.15) is 0 Å². The van der Waals surface area contributed by atoms with Crippen molar-refractivity contribution in [2.45, 2.75) is 31.8 Å². The summed E-state index contributed by atoms with van der Waals surface area (Å²) in [6.45, 7) is 5.61. The molecule has 0 aliphatic carbocycles. The van der Waals surface area contributed by atoms with Crippen molar-refractivity contribution in [3.63, 3.8) is 0 Å². The molecule has 0 bridgehead atoms. The highest BCUT2D eigenvalue weighted by Crippen LogP contribution is 2.27. The Hall–Kier alpha value is -2.34. The lowest BCUT2D eigenvalue weighted by molar-refractivity contribution is 0.111. The Morgan fingerprint density at radius 1 is 1.08 bits per heavy atom. The third kappa shape index (κ3) is 3.76. The van der Waals surface area contributed by atoms with E-state index >= 15 is 0 Å². The number of nitrogens with zero attached hydrogens (tertiary/aromatic N) is 1. The Labute approximate surface area is 142 Å². The van der Waals surface area contributed by atoms with Crippen LogP contribution in [0, 0.1) is 6.92 Å². The van der Waals surface area contributed by atoms with Crippen molar-refractivity contribution in [3.05, 3.63) is 53.6 Å². The quantitative estimate of drug-likeness (QED) is 0.751. The number of carbonyl (C=O) groups is 1. The SMILES string of the molecule is Cc1ccc(S(=O)(=O)N(C)c2ccc(OC(C)C)c(C=O)c2)cc1. The van der Waals surface area contributed by atoms with E-state index in [4.69, 9.17) is 4.74 Å². The summed E-state index contributed by atoms with van der Waals surface area (Å²) in [6, 6.07) is 11.4. The van der Waals surface area contributed by atoms with Gasteiger partial charge in [0.2, 0.25) is 0 Å². The lowest BCUT2D eigenvalue weighted by atomic mass is 10.2. The van der Waals surface area contributed by atoms with E-state index in [2.05, 4.69) is 0 Å². The monoisotopic (exact) mass is 347 g/mol. The molecule has 6 heteroatoms. The fraction of sp³-hybridized carbons (Fsp3) is 0.278. The van der Waals surface area contributed by atoms with Gasteiger partial charge < -0.3 is 4.74 Å². The van der Waals surface area contributed by atoms with Crippen molar-refractivity contribution in [1.29, 1.82) is 0 Å². The second-order valence-electron chi connectivity index (χ2n) is 5.79. The number of aldehydes is 1. The van der Waals surface area contributed by atoms with Crippen LogP contribution in [-0.4, -0.2) is 27.9 Å². The van der Waals surface area contributed by atoms with Gasteiger partial charge in [-0.25, -0.2) is 8.42 Å². The van der Waals surface area contributed by atoms with Gasteiger partial charge >= 0.3 is 0 Å². The van der Waals surface area contributed by atoms with Crippen LogP contribution in [0.3, 0.4) is 0 Å². The third-order valence-corrected chi connectivity index (χ3v) is 5.33. The number of rotatable bonds is 6. The molecule has 5 nitrogen and oxygen atoms in total. The van der Waals surface area contributed by atoms with E-state index in [1.54, 1.807) is 36.4 Å². The molecule has 0 saturated carbocycles. The first-order valence-electron chi connectivity index (χ1n) is 7.57.